The molecule has 0 spiro atoms. The first-order valence-corrected chi connectivity index (χ1v) is 6.20. The number of fused-ring (bicyclic) bond motifs is 1. The third-order valence-electron chi connectivity index (χ3n) is 2.98. The van der Waals surface area contributed by atoms with Crippen LogP contribution in [0.2, 0.25) is 0 Å². The van der Waals surface area contributed by atoms with Gasteiger partial charge in [-0.3, -0.25) is 4.79 Å². The lowest BCUT2D eigenvalue weighted by atomic mass is 10.2. The van der Waals surface area contributed by atoms with E-state index >= 15 is 0 Å². The summed E-state index contributed by atoms with van der Waals surface area (Å²) >= 11 is 0. The molecule has 0 aliphatic carbocycles. The van der Waals surface area contributed by atoms with Crippen molar-refractivity contribution in [3.8, 4) is 0 Å². The smallest absolute Gasteiger partial charge is 0.338 e. The molecule has 1 unspecified atom stereocenters. The average Bonchev–Trinajstić information content (AvgIpc) is 2.90. The van der Waals surface area contributed by atoms with Crippen molar-refractivity contribution in [2.75, 3.05) is 0 Å². The van der Waals surface area contributed by atoms with E-state index in [9.17, 15) is 9.59 Å². The maximum Gasteiger partial charge on any atom is 0.338 e. The Hall–Kier alpha value is -2.28. The van der Waals surface area contributed by atoms with E-state index < -0.39 is 17.9 Å². The summed E-state index contributed by atoms with van der Waals surface area (Å²) in [6.07, 6.45) is -1.03. The Bertz CT molecular complexity index is 692. The number of hydrogen-bond acceptors (Lipinski definition) is 6. The minimum atomic E-state index is -0.994. The number of ether oxygens (including phenoxy) is 2. The summed E-state index contributed by atoms with van der Waals surface area (Å²) in [6, 6.07) is 7.10. The molecule has 20 heavy (non-hydrogen) atoms. The van der Waals surface area contributed by atoms with Crippen LogP contribution in [-0.2, 0) is 14.3 Å². The van der Waals surface area contributed by atoms with Crippen molar-refractivity contribution < 1.29 is 19.1 Å². The number of para-hydroxylation sites is 1. The van der Waals surface area contributed by atoms with Crippen molar-refractivity contribution in [1.29, 1.82) is 0 Å². The highest BCUT2D eigenvalue weighted by Crippen LogP contribution is 2.26. The number of hydrogen-bond donors (Lipinski definition) is 0. The standard InChI is InChI=1S/C13H13N3O4/c1-13(2)19-10(12(18)20-13)7-11(17)16-9-6-4-3-5-8(9)14-15-16/h3-6,10H,7H2,1-2H3. The zero-order chi connectivity index (χ0) is 14.3. The fraction of sp³-hybridized carbons (Fsp3) is 0.385. The molecule has 1 aromatic heterocycles. The Morgan fingerprint density at radius 2 is 2.15 bits per heavy atom. The molecule has 1 fully saturated rings. The predicted octanol–water partition coefficient (Wildman–Crippen LogP) is 1.14. The third-order valence-corrected chi connectivity index (χ3v) is 2.98. The molecule has 2 aromatic rings. The number of cyclic esters (lactones) is 1. The summed E-state index contributed by atoms with van der Waals surface area (Å²) in [5, 5.41) is 7.71. The molecule has 0 saturated carbocycles. The lowest BCUT2D eigenvalue weighted by Gasteiger charge is -2.14. The summed E-state index contributed by atoms with van der Waals surface area (Å²) in [6.45, 7) is 3.25. The number of aromatic nitrogens is 3. The molecule has 1 atom stereocenters. The molecule has 1 aliphatic heterocycles. The fourth-order valence-electron chi connectivity index (χ4n) is 2.15. The highest BCUT2D eigenvalue weighted by Gasteiger charge is 2.42. The average molecular weight is 275 g/mol. The molecule has 0 N–H and O–H groups in total. The van der Waals surface area contributed by atoms with Crippen LogP contribution in [0.5, 0.6) is 0 Å². The number of carbonyl (C=O) groups excluding carboxylic acids is 2. The number of esters is 1. The first-order valence-electron chi connectivity index (χ1n) is 6.20. The van der Waals surface area contributed by atoms with Gasteiger partial charge in [0.15, 0.2) is 6.10 Å². The van der Waals surface area contributed by atoms with Crippen LogP contribution in [0.4, 0.5) is 0 Å². The van der Waals surface area contributed by atoms with Crippen LogP contribution < -0.4 is 0 Å². The second-order valence-corrected chi connectivity index (χ2v) is 5.02. The normalized spacial score (nSPS) is 21.1. The summed E-state index contributed by atoms with van der Waals surface area (Å²) in [7, 11) is 0. The van der Waals surface area contributed by atoms with Crippen LogP contribution in [0, 0.1) is 0 Å². The van der Waals surface area contributed by atoms with E-state index in [1.807, 2.05) is 6.07 Å². The van der Waals surface area contributed by atoms with Crippen molar-refractivity contribution in [3.05, 3.63) is 24.3 Å². The molecule has 0 amide bonds. The van der Waals surface area contributed by atoms with Crippen LogP contribution in [0.25, 0.3) is 11.0 Å². The number of nitrogens with zero attached hydrogens (tertiary/aromatic N) is 3. The maximum absolute atomic E-state index is 12.2. The highest BCUT2D eigenvalue weighted by molar-refractivity contribution is 5.92. The molecule has 0 radical (unpaired) electrons. The second-order valence-electron chi connectivity index (χ2n) is 5.02. The van der Waals surface area contributed by atoms with Gasteiger partial charge in [0.2, 0.25) is 5.79 Å². The predicted molar refractivity (Wildman–Crippen MR) is 67.8 cm³/mol. The Kier molecular flexibility index (Phi) is 2.79. The topological polar surface area (TPSA) is 83.3 Å². The van der Waals surface area contributed by atoms with Crippen LogP contribution in [-0.4, -0.2) is 38.8 Å². The summed E-state index contributed by atoms with van der Waals surface area (Å²) < 4.78 is 11.6. The van der Waals surface area contributed by atoms with Crippen LogP contribution >= 0.6 is 0 Å². The van der Waals surface area contributed by atoms with Gasteiger partial charge in [-0.25, -0.2) is 4.79 Å². The molecule has 3 rings (SSSR count). The van der Waals surface area contributed by atoms with E-state index in [1.54, 1.807) is 32.0 Å². The zero-order valence-electron chi connectivity index (χ0n) is 11.1. The van der Waals surface area contributed by atoms with Gasteiger partial charge in [0, 0.05) is 13.8 Å². The fourth-order valence-corrected chi connectivity index (χ4v) is 2.15. The van der Waals surface area contributed by atoms with Crippen molar-refractivity contribution >= 4 is 22.9 Å². The van der Waals surface area contributed by atoms with Crippen molar-refractivity contribution in [3.63, 3.8) is 0 Å². The monoisotopic (exact) mass is 275 g/mol. The van der Waals surface area contributed by atoms with Crippen molar-refractivity contribution in [2.24, 2.45) is 0 Å². The molecule has 104 valence electrons. The van der Waals surface area contributed by atoms with E-state index in [0.29, 0.717) is 11.0 Å². The molecule has 1 saturated heterocycles. The maximum atomic E-state index is 12.2. The van der Waals surface area contributed by atoms with Gasteiger partial charge in [-0.05, 0) is 12.1 Å². The molecule has 1 aliphatic rings. The van der Waals surface area contributed by atoms with Crippen LogP contribution in [0.3, 0.4) is 0 Å². The summed E-state index contributed by atoms with van der Waals surface area (Å²) in [5.41, 5.74) is 1.22. The third kappa shape index (κ3) is 2.16. The Morgan fingerprint density at radius 3 is 2.85 bits per heavy atom. The molecular weight excluding hydrogens is 262 g/mol. The van der Waals surface area contributed by atoms with Gasteiger partial charge in [0.25, 0.3) is 5.91 Å². The minimum Gasteiger partial charge on any atom is -0.432 e. The largest absolute Gasteiger partial charge is 0.432 e. The second kappa shape index (κ2) is 4.38. The number of benzene rings is 1. The number of rotatable bonds is 2. The van der Waals surface area contributed by atoms with E-state index in [0.717, 1.165) is 0 Å². The van der Waals surface area contributed by atoms with Gasteiger partial charge in [-0.15, -0.1) is 5.10 Å². The van der Waals surface area contributed by atoms with Crippen molar-refractivity contribution in [1.82, 2.24) is 15.0 Å². The SMILES string of the molecule is CC1(C)OC(=O)C(CC(=O)n2nnc3ccccc32)O1. The van der Waals surface area contributed by atoms with E-state index in [1.165, 1.54) is 4.68 Å². The van der Waals surface area contributed by atoms with Crippen LogP contribution in [0.15, 0.2) is 24.3 Å². The Morgan fingerprint density at radius 1 is 1.40 bits per heavy atom. The highest BCUT2D eigenvalue weighted by atomic mass is 16.8. The van der Waals surface area contributed by atoms with E-state index in [4.69, 9.17) is 9.47 Å². The molecular formula is C13H13N3O4. The van der Waals surface area contributed by atoms with Crippen LogP contribution in [0.1, 0.15) is 25.1 Å². The Balaban J connectivity index is 1.82. The van der Waals surface area contributed by atoms with Gasteiger partial charge in [0.05, 0.1) is 11.9 Å². The zero-order valence-corrected chi connectivity index (χ0v) is 11.1. The Labute approximate surface area is 114 Å². The lowest BCUT2D eigenvalue weighted by Crippen LogP contribution is -2.26. The minimum absolute atomic E-state index is 0.129. The first kappa shape index (κ1) is 12.7. The van der Waals surface area contributed by atoms with Gasteiger partial charge in [-0.1, -0.05) is 17.3 Å². The first-order chi connectivity index (χ1) is 9.46. The molecule has 7 nitrogen and oxygen atoms in total. The van der Waals surface area contributed by atoms with Gasteiger partial charge in [0.1, 0.15) is 5.52 Å². The van der Waals surface area contributed by atoms with E-state index in [-0.39, 0.29) is 12.3 Å². The van der Waals surface area contributed by atoms with Crippen molar-refractivity contribution in [2.45, 2.75) is 32.2 Å². The lowest BCUT2D eigenvalue weighted by molar-refractivity contribution is -0.160. The quantitative estimate of drug-likeness (QED) is 0.764. The van der Waals surface area contributed by atoms with E-state index in [2.05, 4.69) is 10.3 Å². The number of carbonyl (C=O) groups is 2. The van der Waals surface area contributed by atoms with Gasteiger partial charge in [-0.2, -0.15) is 4.68 Å². The summed E-state index contributed by atoms with van der Waals surface area (Å²) in [5.74, 6) is -1.89. The molecule has 2 heterocycles. The summed E-state index contributed by atoms with van der Waals surface area (Å²) in [4.78, 5) is 23.8. The molecule has 1 aromatic carbocycles. The molecule has 0 bridgehead atoms. The van der Waals surface area contributed by atoms with Gasteiger partial charge >= 0.3 is 5.97 Å². The molecule has 7 heteroatoms. The van der Waals surface area contributed by atoms with Gasteiger partial charge < -0.3 is 9.47 Å².